The highest BCUT2D eigenvalue weighted by atomic mass is 14.6. The Morgan fingerprint density at radius 2 is 0.556 bits per heavy atom. The fraction of sp³-hybridized carbons (Fsp3) is 0. The molecule has 0 unspecified atom stereocenters. The fourth-order valence-electron chi connectivity index (χ4n) is 5.20. The maximum Gasteiger partial charge on any atom is 0.0474 e. The summed E-state index contributed by atoms with van der Waals surface area (Å²) in [7, 11) is 0. The zero-order valence-electron chi connectivity index (χ0n) is 19.5. The van der Waals surface area contributed by atoms with Crippen molar-refractivity contribution < 1.29 is 0 Å². The summed E-state index contributed by atoms with van der Waals surface area (Å²) >= 11 is 0. The molecule has 6 nitrogen and oxygen atoms in total. The molecule has 6 aromatic carbocycles. The van der Waals surface area contributed by atoms with Crippen LogP contribution >= 0.6 is 0 Å². The molecule has 0 heterocycles. The van der Waals surface area contributed by atoms with Crippen molar-refractivity contribution >= 4 is 66.4 Å². The molecule has 0 spiro atoms. The van der Waals surface area contributed by atoms with E-state index in [1.807, 2.05) is 84.9 Å². The Labute approximate surface area is 208 Å². The molecule has 6 heteroatoms. The van der Waals surface area contributed by atoms with Crippen molar-refractivity contribution in [2.75, 3.05) is 34.4 Å². The van der Waals surface area contributed by atoms with Gasteiger partial charge in [0, 0.05) is 88.7 Å². The number of rotatable bonds is 2. The van der Waals surface area contributed by atoms with Crippen LogP contribution in [0.4, 0.5) is 34.1 Å². The summed E-state index contributed by atoms with van der Waals surface area (Å²) in [6.07, 6.45) is 0. The van der Waals surface area contributed by atoms with E-state index >= 15 is 0 Å². The molecule has 0 atom stereocenters. The van der Waals surface area contributed by atoms with Gasteiger partial charge in [0.25, 0.3) is 0 Å². The van der Waals surface area contributed by atoms with Gasteiger partial charge in [-0.25, -0.2) is 0 Å². The molecule has 0 bridgehead atoms. The molecule has 0 amide bonds. The average Bonchev–Trinajstić information content (AvgIpc) is 2.87. The fourth-order valence-corrected chi connectivity index (χ4v) is 5.20. The predicted molar refractivity (Wildman–Crippen MR) is 156 cm³/mol. The molecule has 6 aromatic rings. The van der Waals surface area contributed by atoms with Gasteiger partial charge in [0.1, 0.15) is 0 Å². The summed E-state index contributed by atoms with van der Waals surface area (Å²) in [5, 5.41) is 5.33. The third kappa shape index (κ3) is 2.98. The summed E-state index contributed by atoms with van der Waals surface area (Å²) in [5.41, 5.74) is 46.1. The Hall–Kier alpha value is -5.10. The molecule has 0 saturated carbocycles. The Balaban J connectivity index is 1.53. The number of nitrogens with two attached hydrogens (primary N) is 6. The van der Waals surface area contributed by atoms with E-state index in [1.165, 1.54) is 0 Å². The molecule has 0 saturated heterocycles. The van der Waals surface area contributed by atoms with Gasteiger partial charge in [0.15, 0.2) is 0 Å². The summed E-state index contributed by atoms with van der Waals surface area (Å²) in [4.78, 5) is 0. The summed E-state index contributed by atoms with van der Waals surface area (Å²) in [5.74, 6) is 0. The van der Waals surface area contributed by atoms with Crippen LogP contribution in [0.3, 0.4) is 0 Å². The molecular weight excluding hydrogens is 444 g/mol. The van der Waals surface area contributed by atoms with E-state index in [1.54, 1.807) is 0 Å². The number of hydrogen-bond acceptors (Lipinski definition) is 6. The van der Waals surface area contributed by atoms with Crippen molar-refractivity contribution in [2.45, 2.75) is 0 Å². The highest BCUT2D eigenvalue weighted by molar-refractivity contribution is 6.14. The molecule has 176 valence electrons. The minimum atomic E-state index is 0.611. The third-order valence-electron chi connectivity index (χ3n) is 7.14. The van der Waals surface area contributed by atoms with E-state index in [0.29, 0.717) is 34.1 Å². The molecule has 0 aliphatic carbocycles. The van der Waals surface area contributed by atoms with Crippen LogP contribution in [0.2, 0.25) is 0 Å². The van der Waals surface area contributed by atoms with E-state index in [9.17, 15) is 0 Å². The minimum absolute atomic E-state index is 0.611. The first-order chi connectivity index (χ1) is 17.4. The summed E-state index contributed by atoms with van der Waals surface area (Å²) in [6.45, 7) is 0. The molecule has 0 aromatic heterocycles. The van der Waals surface area contributed by atoms with Crippen molar-refractivity contribution in [3.05, 3.63) is 84.9 Å². The summed E-state index contributed by atoms with van der Waals surface area (Å²) in [6, 6.07) is 27.2. The van der Waals surface area contributed by atoms with Crippen LogP contribution in [0, 0.1) is 0 Å². The molecule has 6 rings (SSSR count). The van der Waals surface area contributed by atoms with Gasteiger partial charge in [-0.15, -0.1) is 0 Å². The standard InChI is InChI=1S/C30H26N6/c31-25-5-1-3-17-15(25)7-9-19(27(17)33)21-11-13-24-23(29(21)35)14-12-22(30(24)36)20-10-8-16-18(28(20)34)4-2-6-26(16)32/h1-14H,31-36H2. The van der Waals surface area contributed by atoms with Crippen LogP contribution in [0.15, 0.2) is 84.9 Å². The second-order valence-corrected chi connectivity index (χ2v) is 9.09. The van der Waals surface area contributed by atoms with Gasteiger partial charge in [-0.3, -0.25) is 0 Å². The van der Waals surface area contributed by atoms with Crippen LogP contribution in [-0.2, 0) is 0 Å². The van der Waals surface area contributed by atoms with Crippen molar-refractivity contribution in [3.63, 3.8) is 0 Å². The maximum atomic E-state index is 6.70. The van der Waals surface area contributed by atoms with Gasteiger partial charge in [-0.1, -0.05) is 72.8 Å². The predicted octanol–water partition coefficient (Wildman–Crippen LogP) is 5.97. The Morgan fingerprint density at radius 1 is 0.278 bits per heavy atom. The number of benzene rings is 6. The van der Waals surface area contributed by atoms with Crippen molar-refractivity contribution in [3.8, 4) is 22.3 Å². The molecule has 0 radical (unpaired) electrons. The first-order valence-corrected chi connectivity index (χ1v) is 11.6. The SMILES string of the molecule is Nc1cccc2c(N)c(-c3ccc4c(N)c(-c5ccc6c(N)cccc6c5N)ccc4c3N)ccc12. The van der Waals surface area contributed by atoms with Crippen LogP contribution in [-0.4, -0.2) is 0 Å². The number of fused-ring (bicyclic) bond motifs is 3. The smallest absolute Gasteiger partial charge is 0.0474 e. The van der Waals surface area contributed by atoms with Crippen LogP contribution < -0.4 is 34.4 Å². The third-order valence-corrected chi connectivity index (χ3v) is 7.14. The highest BCUT2D eigenvalue weighted by Gasteiger charge is 2.17. The minimum Gasteiger partial charge on any atom is -0.398 e. The Kier molecular flexibility index (Phi) is 4.59. The van der Waals surface area contributed by atoms with Gasteiger partial charge >= 0.3 is 0 Å². The molecule has 36 heavy (non-hydrogen) atoms. The van der Waals surface area contributed by atoms with Gasteiger partial charge in [-0.05, 0) is 12.1 Å². The number of hydrogen-bond donors (Lipinski definition) is 6. The summed E-state index contributed by atoms with van der Waals surface area (Å²) < 4.78 is 0. The molecule has 12 N–H and O–H groups in total. The molecule has 0 aliphatic rings. The topological polar surface area (TPSA) is 156 Å². The van der Waals surface area contributed by atoms with E-state index < -0.39 is 0 Å². The second-order valence-electron chi connectivity index (χ2n) is 9.09. The van der Waals surface area contributed by atoms with Gasteiger partial charge in [0.05, 0.1) is 0 Å². The quantitative estimate of drug-likeness (QED) is 0.171. The largest absolute Gasteiger partial charge is 0.398 e. The highest BCUT2D eigenvalue weighted by Crippen LogP contribution is 2.44. The molecular formula is C30H26N6. The lowest BCUT2D eigenvalue weighted by molar-refractivity contribution is 1.63. The lowest BCUT2D eigenvalue weighted by Crippen LogP contribution is -2.00. The van der Waals surface area contributed by atoms with Gasteiger partial charge in [0.2, 0.25) is 0 Å². The van der Waals surface area contributed by atoms with Gasteiger partial charge < -0.3 is 34.4 Å². The molecule has 0 fully saturated rings. The molecule has 0 aliphatic heterocycles. The lowest BCUT2D eigenvalue weighted by atomic mass is 9.91. The zero-order valence-corrected chi connectivity index (χ0v) is 19.5. The first-order valence-electron chi connectivity index (χ1n) is 11.6. The van der Waals surface area contributed by atoms with Crippen molar-refractivity contribution in [1.82, 2.24) is 0 Å². The Morgan fingerprint density at radius 3 is 0.889 bits per heavy atom. The van der Waals surface area contributed by atoms with E-state index in [4.69, 9.17) is 34.4 Å². The zero-order chi connectivity index (χ0) is 25.1. The van der Waals surface area contributed by atoms with Crippen LogP contribution in [0.5, 0.6) is 0 Å². The van der Waals surface area contributed by atoms with Crippen molar-refractivity contribution in [1.29, 1.82) is 0 Å². The normalized spacial score (nSPS) is 11.4. The second kappa shape index (κ2) is 7.71. The van der Waals surface area contributed by atoms with Crippen LogP contribution in [0.1, 0.15) is 0 Å². The lowest BCUT2D eigenvalue weighted by Gasteiger charge is -2.17. The average molecular weight is 471 g/mol. The van der Waals surface area contributed by atoms with E-state index in [0.717, 1.165) is 54.6 Å². The monoisotopic (exact) mass is 470 g/mol. The Bertz CT molecular complexity index is 1720. The number of anilines is 6. The van der Waals surface area contributed by atoms with Gasteiger partial charge in [-0.2, -0.15) is 0 Å². The number of nitrogen functional groups attached to an aromatic ring is 6. The van der Waals surface area contributed by atoms with Crippen molar-refractivity contribution in [2.24, 2.45) is 0 Å². The van der Waals surface area contributed by atoms with Crippen LogP contribution in [0.25, 0.3) is 54.6 Å². The van der Waals surface area contributed by atoms with E-state index in [2.05, 4.69) is 0 Å². The van der Waals surface area contributed by atoms with E-state index in [-0.39, 0.29) is 0 Å². The maximum absolute atomic E-state index is 6.70. The first kappa shape index (κ1) is 21.4.